The maximum atomic E-state index is 12.5. The fourth-order valence-corrected chi connectivity index (χ4v) is 4.32. The zero-order valence-corrected chi connectivity index (χ0v) is 15.3. The van der Waals surface area contributed by atoms with Gasteiger partial charge in [0, 0.05) is 9.80 Å². The van der Waals surface area contributed by atoms with Crippen LogP contribution in [0.25, 0.3) is 0 Å². The minimum Gasteiger partial charge on any atom is -0.346 e. The van der Waals surface area contributed by atoms with Crippen molar-refractivity contribution in [2.75, 3.05) is 5.33 Å². The van der Waals surface area contributed by atoms with E-state index in [1.54, 1.807) is 12.1 Å². The summed E-state index contributed by atoms with van der Waals surface area (Å²) in [6.07, 6.45) is 4.42. The Morgan fingerprint density at radius 2 is 2.30 bits per heavy atom. The molecule has 0 heterocycles. The summed E-state index contributed by atoms with van der Waals surface area (Å²) in [7, 11) is 0. The smallest absolute Gasteiger partial charge is 0.253 e. The zero-order valence-electron chi connectivity index (χ0n) is 11.4. The molecular formula is C15H18Br2ClNO. The summed E-state index contributed by atoms with van der Waals surface area (Å²) < 4.78 is 0.876. The van der Waals surface area contributed by atoms with Gasteiger partial charge in [0.2, 0.25) is 0 Å². The lowest BCUT2D eigenvalue weighted by Crippen LogP contribution is -2.52. The van der Waals surface area contributed by atoms with Crippen LogP contribution in [0.5, 0.6) is 0 Å². The molecule has 0 aromatic heterocycles. The van der Waals surface area contributed by atoms with Gasteiger partial charge in [0.25, 0.3) is 5.91 Å². The third-order valence-corrected chi connectivity index (χ3v) is 5.78. The molecule has 1 aliphatic carbocycles. The molecule has 1 aliphatic rings. The van der Waals surface area contributed by atoms with Crippen LogP contribution in [0.4, 0.5) is 0 Å². The number of benzene rings is 1. The first-order valence-corrected chi connectivity index (χ1v) is 9.08. The average Bonchev–Trinajstić information content (AvgIpc) is 2.38. The van der Waals surface area contributed by atoms with Gasteiger partial charge in [-0.05, 0) is 37.0 Å². The molecule has 1 N–H and O–H groups in total. The second-order valence-electron chi connectivity index (χ2n) is 5.69. The second kappa shape index (κ2) is 6.80. The molecule has 0 spiro atoms. The lowest BCUT2D eigenvalue weighted by Gasteiger charge is -2.39. The molecule has 20 heavy (non-hydrogen) atoms. The van der Waals surface area contributed by atoms with E-state index < -0.39 is 0 Å². The van der Waals surface area contributed by atoms with E-state index in [0.29, 0.717) is 16.5 Å². The Morgan fingerprint density at radius 1 is 1.55 bits per heavy atom. The van der Waals surface area contributed by atoms with Gasteiger partial charge < -0.3 is 5.32 Å². The van der Waals surface area contributed by atoms with E-state index in [-0.39, 0.29) is 11.4 Å². The predicted octanol–water partition coefficient (Wildman–Crippen LogP) is 5.18. The molecule has 2 nitrogen and oxygen atoms in total. The molecule has 0 bridgehead atoms. The van der Waals surface area contributed by atoms with Crippen molar-refractivity contribution >= 4 is 49.4 Å². The molecule has 1 amide bonds. The average molecular weight is 424 g/mol. The highest BCUT2D eigenvalue weighted by atomic mass is 79.9. The molecular weight excluding hydrogens is 405 g/mol. The molecule has 2 unspecified atom stereocenters. The molecule has 0 radical (unpaired) electrons. The molecule has 1 saturated carbocycles. The van der Waals surface area contributed by atoms with Crippen LogP contribution in [-0.4, -0.2) is 16.8 Å². The topological polar surface area (TPSA) is 29.1 Å². The maximum Gasteiger partial charge on any atom is 0.253 e. The van der Waals surface area contributed by atoms with E-state index in [0.717, 1.165) is 29.1 Å². The summed E-state index contributed by atoms with van der Waals surface area (Å²) in [5, 5.41) is 4.46. The van der Waals surface area contributed by atoms with Crippen LogP contribution >= 0.6 is 43.5 Å². The predicted molar refractivity (Wildman–Crippen MR) is 90.8 cm³/mol. The van der Waals surface area contributed by atoms with E-state index in [2.05, 4.69) is 44.1 Å². The highest BCUT2D eigenvalue weighted by Crippen LogP contribution is 2.34. The number of amides is 1. The lowest BCUT2D eigenvalue weighted by molar-refractivity contribution is 0.0869. The van der Waals surface area contributed by atoms with Crippen LogP contribution < -0.4 is 5.32 Å². The van der Waals surface area contributed by atoms with Crippen molar-refractivity contribution in [1.82, 2.24) is 5.32 Å². The van der Waals surface area contributed by atoms with Gasteiger partial charge in [0.05, 0.1) is 16.1 Å². The monoisotopic (exact) mass is 421 g/mol. The molecule has 0 aliphatic heterocycles. The highest BCUT2D eigenvalue weighted by molar-refractivity contribution is 9.10. The third-order valence-electron chi connectivity index (χ3n) is 3.90. The summed E-state index contributed by atoms with van der Waals surface area (Å²) in [5.41, 5.74) is 0.388. The Kier molecular flexibility index (Phi) is 5.55. The number of carbonyl (C=O) groups is 1. The van der Waals surface area contributed by atoms with Gasteiger partial charge in [-0.3, -0.25) is 4.79 Å². The van der Waals surface area contributed by atoms with Crippen molar-refractivity contribution in [3.8, 4) is 0 Å². The number of nitrogens with one attached hydrogen (secondary N) is 1. The van der Waals surface area contributed by atoms with E-state index >= 15 is 0 Å². The van der Waals surface area contributed by atoms with Crippen molar-refractivity contribution in [2.24, 2.45) is 5.92 Å². The Bertz CT molecular complexity index is 509. The Balaban J connectivity index is 2.16. The summed E-state index contributed by atoms with van der Waals surface area (Å²) >= 11 is 13.1. The Morgan fingerprint density at radius 3 is 2.90 bits per heavy atom. The second-order valence-corrected chi connectivity index (χ2v) is 7.58. The number of halogens is 3. The first kappa shape index (κ1) is 16.3. The standard InChI is InChI=1S/C15H18Br2ClNO/c1-10-3-2-6-15(8-10,9-16)19-14(20)12-5-4-11(17)7-13(12)18/h4-5,7,10H,2-3,6,8-9H2,1H3,(H,19,20). The summed E-state index contributed by atoms with van der Waals surface area (Å²) in [6.45, 7) is 2.25. The van der Waals surface area contributed by atoms with E-state index in [4.69, 9.17) is 11.6 Å². The van der Waals surface area contributed by atoms with E-state index in [9.17, 15) is 4.79 Å². The molecule has 0 saturated heterocycles. The van der Waals surface area contributed by atoms with E-state index in [1.807, 2.05) is 6.07 Å². The van der Waals surface area contributed by atoms with Crippen LogP contribution in [0.1, 0.15) is 43.0 Å². The van der Waals surface area contributed by atoms with Gasteiger partial charge in [-0.25, -0.2) is 0 Å². The van der Waals surface area contributed by atoms with Gasteiger partial charge in [-0.1, -0.05) is 63.2 Å². The minimum absolute atomic E-state index is 0.0870. The highest BCUT2D eigenvalue weighted by Gasteiger charge is 2.35. The number of alkyl halides is 1. The minimum atomic E-state index is -0.148. The van der Waals surface area contributed by atoms with Gasteiger partial charge in [0.15, 0.2) is 0 Å². The molecule has 2 rings (SSSR count). The third kappa shape index (κ3) is 3.77. The maximum absolute atomic E-state index is 12.5. The normalized spacial score (nSPS) is 26.3. The Hall–Kier alpha value is -0.0600. The lowest BCUT2D eigenvalue weighted by atomic mass is 9.77. The van der Waals surface area contributed by atoms with Crippen LogP contribution in [0.15, 0.2) is 22.7 Å². The largest absolute Gasteiger partial charge is 0.346 e. The first-order chi connectivity index (χ1) is 9.46. The number of hydrogen-bond acceptors (Lipinski definition) is 1. The van der Waals surface area contributed by atoms with E-state index in [1.165, 1.54) is 6.42 Å². The van der Waals surface area contributed by atoms with Crippen LogP contribution in [-0.2, 0) is 0 Å². The summed E-state index contributed by atoms with van der Waals surface area (Å²) in [6, 6.07) is 5.35. The van der Waals surface area contributed by atoms with Gasteiger partial charge in [0.1, 0.15) is 0 Å². The van der Waals surface area contributed by atoms with Crippen molar-refractivity contribution in [1.29, 1.82) is 0 Å². The quantitative estimate of drug-likeness (QED) is 0.667. The SMILES string of the molecule is CC1CCCC(CBr)(NC(=O)c2ccc(Br)cc2Cl)C1. The van der Waals surface area contributed by atoms with Crippen molar-refractivity contribution in [3.63, 3.8) is 0 Å². The number of hydrogen-bond donors (Lipinski definition) is 1. The van der Waals surface area contributed by atoms with Gasteiger partial charge in [-0.15, -0.1) is 0 Å². The van der Waals surface area contributed by atoms with Crippen LogP contribution in [0, 0.1) is 5.92 Å². The molecule has 110 valence electrons. The fourth-order valence-electron chi connectivity index (χ4n) is 2.91. The molecule has 1 aromatic carbocycles. The van der Waals surface area contributed by atoms with Gasteiger partial charge >= 0.3 is 0 Å². The molecule has 2 atom stereocenters. The summed E-state index contributed by atoms with van der Waals surface area (Å²) in [4.78, 5) is 12.5. The van der Waals surface area contributed by atoms with Crippen LogP contribution in [0.3, 0.4) is 0 Å². The number of rotatable bonds is 3. The summed E-state index contributed by atoms with van der Waals surface area (Å²) in [5.74, 6) is 0.554. The zero-order chi connectivity index (χ0) is 14.8. The molecule has 1 aromatic rings. The molecule has 5 heteroatoms. The Labute approximate surface area is 141 Å². The number of carbonyl (C=O) groups excluding carboxylic acids is 1. The first-order valence-electron chi connectivity index (χ1n) is 6.79. The van der Waals surface area contributed by atoms with Crippen molar-refractivity contribution in [3.05, 3.63) is 33.3 Å². The molecule has 1 fully saturated rings. The fraction of sp³-hybridized carbons (Fsp3) is 0.533. The van der Waals surface area contributed by atoms with Crippen molar-refractivity contribution in [2.45, 2.75) is 38.1 Å². The van der Waals surface area contributed by atoms with Crippen molar-refractivity contribution < 1.29 is 4.79 Å². The van der Waals surface area contributed by atoms with Gasteiger partial charge in [-0.2, -0.15) is 0 Å². The van der Waals surface area contributed by atoms with Crippen LogP contribution in [0.2, 0.25) is 5.02 Å².